The monoisotopic (exact) mass is 423 g/mol. The summed E-state index contributed by atoms with van der Waals surface area (Å²) in [4.78, 5) is 24.0. The smallest absolute Gasteiger partial charge is 0.262 e. The summed E-state index contributed by atoms with van der Waals surface area (Å²) < 4.78 is 2.12. The van der Waals surface area contributed by atoms with Gasteiger partial charge in [-0.3, -0.25) is 4.79 Å². The molecule has 0 aliphatic carbocycles. The molecule has 5 rings (SSSR count). The Balaban J connectivity index is 1.32. The van der Waals surface area contributed by atoms with Crippen LogP contribution in [0.4, 0.5) is 11.5 Å². The van der Waals surface area contributed by atoms with E-state index in [2.05, 4.69) is 50.2 Å². The number of nitrogens with zero attached hydrogens (tertiary/aromatic N) is 4. The molecule has 0 radical (unpaired) electrons. The summed E-state index contributed by atoms with van der Waals surface area (Å²) in [6.45, 7) is 4.07. The Morgan fingerprint density at radius 3 is 2.75 bits per heavy atom. The van der Waals surface area contributed by atoms with Crippen molar-refractivity contribution in [3.05, 3.63) is 107 Å². The van der Waals surface area contributed by atoms with Gasteiger partial charge in [-0.05, 0) is 48.2 Å². The van der Waals surface area contributed by atoms with Gasteiger partial charge in [-0.2, -0.15) is 0 Å². The van der Waals surface area contributed by atoms with Crippen molar-refractivity contribution in [1.82, 2.24) is 14.5 Å². The number of nitrogens with one attached hydrogen (secondary N) is 1. The Kier molecular flexibility index (Phi) is 5.42. The van der Waals surface area contributed by atoms with Crippen LogP contribution in [0.25, 0.3) is 0 Å². The molecule has 160 valence electrons. The summed E-state index contributed by atoms with van der Waals surface area (Å²) >= 11 is 0. The molecule has 0 spiro atoms. The largest absolute Gasteiger partial charge is 0.365 e. The third-order valence-electron chi connectivity index (χ3n) is 5.90. The molecule has 0 saturated carbocycles. The SMILES string of the molecule is Cc1nccn1Cc1cccc(CNc2ncccc2C(=O)N2CCc3ccccc32)c1. The third-order valence-corrected chi connectivity index (χ3v) is 5.90. The number of pyridine rings is 1. The van der Waals surface area contributed by atoms with Gasteiger partial charge in [0.05, 0.1) is 5.56 Å². The maximum absolute atomic E-state index is 13.3. The minimum atomic E-state index is -0.0186. The van der Waals surface area contributed by atoms with E-state index in [1.807, 2.05) is 54.5 Å². The second kappa shape index (κ2) is 8.67. The van der Waals surface area contributed by atoms with Gasteiger partial charge in [0, 0.05) is 43.9 Å². The van der Waals surface area contributed by atoms with E-state index in [1.165, 1.54) is 11.1 Å². The standard InChI is InChI=1S/C26H25N5O/c1-19-27-13-15-30(19)18-21-7-4-6-20(16-21)17-29-25-23(9-5-12-28-25)26(32)31-14-11-22-8-2-3-10-24(22)31/h2-10,12-13,15-16H,11,14,17-18H2,1H3,(H,28,29). The number of rotatable bonds is 6. The van der Waals surface area contributed by atoms with Crippen LogP contribution >= 0.6 is 0 Å². The highest BCUT2D eigenvalue weighted by molar-refractivity contribution is 6.10. The van der Waals surface area contributed by atoms with Crippen LogP contribution in [0.1, 0.15) is 32.9 Å². The van der Waals surface area contributed by atoms with Gasteiger partial charge in [-0.1, -0.05) is 42.5 Å². The fourth-order valence-electron chi connectivity index (χ4n) is 4.20. The number of aromatic nitrogens is 3. The van der Waals surface area contributed by atoms with Gasteiger partial charge in [0.2, 0.25) is 0 Å². The summed E-state index contributed by atoms with van der Waals surface area (Å²) in [6, 6.07) is 20.2. The van der Waals surface area contributed by atoms with Crippen molar-refractivity contribution >= 4 is 17.4 Å². The van der Waals surface area contributed by atoms with Crippen molar-refractivity contribution in [2.45, 2.75) is 26.4 Å². The average Bonchev–Trinajstić information content (AvgIpc) is 3.44. The van der Waals surface area contributed by atoms with Crippen LogP contribution in [-0.4, -0.2) is 27.0 Å². The molecule has 0 atom stereocenters. The van der Waals surface area contributed by atoms with Crippen molar-refractivity contribution in [3.8, 4) is 0 Å². The maximum atomic E-state index is 13.3. The number of para-hydroxylation sites is 1. The maximum Gasteiger partial charge on any atom is 0.262 e. The number of carbonyl (C=O) groups is 1. The van der Waals surface area contributed by atoms with Crippen molar-refractivity contribution in [2.24, 2.45) is 0 Å². The van der Waals surface area contributed by atoms with E-state index in [1.54, 1.807) is 6.20 Å². The summed E-state index contributed by atoms with van der Waals surface area (Å²) in [5.41, 5.74) is 5.14. The van der Waals surface area contributed by atoms with Gasteiger partial charge >= 0.3 is 0 Å². The first-order valence-electron chi connectivity index (χ1n) is 10.8. The second-order valence-corrected chi connectivity index (χ2v) is 8.01. The Morgan fingerprint density at radius 1 is 1.00 bits per heavy atom. The van der Waals surface area contributed by atoms with E-state index in [4.69, 9.17) is 0 Å². The van der Waals surface area contributed by atoms with Crippen LogP contribution in [0.15, 0.2) is 79.3 Å². The van der Waals surface area contributed by atoms with Crippen molar-refractivity contribution in [2.75, 3.05) is 16.8 Å². The van der Waals surface area contributed by atoms with Gasteiger partial charge in [0.1, 0.15) is 11.6 Å². The third kappa shape index (κ3) is 3.99. The molecular formula is C26H25N5O. The lowest BCUT2D eigenvalue weighted by Gasteiger charge is -2.19. The molecule has 2 aromatic carbocycles. The number of benzene rings is 2. The number of aryl methyl sites for hydroxylation is 1. The number of amides is 1. The topological polar surface area (TPSA) is 63.1 Å². The predicted molar refractivity (Wildman–Crippen MR) is 126 cm³/mol. The first kappa shape index (κ1) is 20.0. The summed E-state index contributed by atoms with van der Waals surface area (Å²) in [5, 5.41) is 3.38. The van der Waals surface area contributed by atoms with Gasteiger partial charge in [-0.25, -0.2) is 9.97 Å². The lowest BCUT2D eigenvalue weighted by Crippen LogP contribution is -2.29. The molecule has 4 aromatic rings. The van der Waals surface area contributed by atoms with Crippen molar-refractivity contribution in [1.29, 1.82) is 0 Å². The molecular weight excluding hydrogens is 398 g/mol. The highest BCUT2D eigenvalue weighted by Crippen LogP contribution is 2.30. The van der Waals surface area contributed by atoms with Crippen LogP contribution in [0.3, 0.4) is 0 Å². The fourth-order valence-corrected chi connectivity index (χ4v) is 4.20. The Hall–Kier alpha value is -3.93. The highest BCUT2D eigenvalue weighted by Gasteiger charge is 2.26. The number of fused-ring (bicyclic) bond motifs is 1. The lowest BCUT2D eigenvalue weighted by atomic mass is 10.1. The predicted octanol–water partition coefficient (Wildman–Crippen LogP) is 4.45. The molecule has 6 heteroatoms. The normalized spacial score (nSPS) is 12.6. The first-order valence-corrected chi connectivity index (χ1v) is 10.8. The van der Waals surface area contributed by atoms with E-state index in [-0.39, 0.29) is 5.91 Å². The molecule has 1 aliphatic heterocycles. The molecule has 1 amide bonds. The fraction of sp³-hybridized carbons (Fsp3) is 0.192. The highest BCUT2D eigenvalue weighted by atomic mass is 16.2. The summed E-state index contributed by atoms with van der Waals surface area (Å²) in [7, 11) is 0. The summed E-state index contributed by atoms with van der Waals surface area (Å²) in [6.07, 6.45) is 6.41. The van der Waals surface area contributed by atoms with Gasteiger partial charge < -0.3 is 14.8 Å². The van der Waals surface area contributed by atoms with Gasteiger partial charge in [0.25, 0.3) is 5.91 Å². The van der Waals surface area contributed by atoms with Crippen LogP contribution in [0.5, 0.6) is 0 Å². The van der Waals surface area contributed by atoms with Crippen LogP contribution in [-0.2, 0) is 19.5 Å². The Morgan fingerprint density at radius 2 is 1.88 bits per heavy atom. The summed E-state index contributed by atoms with van der Waals surface area (Å²) in [5.74, 6) is 1.58. The zero-order chi connectivity index (χ0) is 21.9. The molecule has 32 heavy (non-hydrogen) atoms. The van der Waals surface area contributed by atoms with Crippen LogP contribution < -0.4 is 10.2 Å². The molecule has 0 bridgehead atoms. The number of carbonyl (C=O) groups excluding carboxylic acids is 1. The van der Waals surface area contributed by atoms with Crippen molar-refractivity contribution in [3.63, 3.8) is 0 Å². The molecule has 1 N–H and O–H groups in total. The number of imidazole rings is 1. The van der Waals surface area contributed by atoms with Gasteiger partial charge in [0.15, 0.2) is 0 Å². The first-order chi connectivity index (χ1) is 15.7. The lowest BCUT2D eigenvalue weighted by molar-refractivity contribution is 0.0990. The van der Waals surface area contributed by atoms with Crippen LogP contribution in [0.2, 0.25) is 0 Å². The van der Waals surface area contributed by atoms with E-state index >= 15 is 0 Å². The molecule has 0 unspecified atom stereocenters. The van der Waals surface area contributed by atoms with Crippen molar-refractivity contribution < 1.29 is 4.79 Å². The van der Waals surface area contributed by atoms with E-state index < -0.39 is 0 Å². The molecule has 2 aromatic heterocycles. The molecule has 0 fully saturated rings. The van der Waals surface area contributed by atoms with Gasteiger partial charge in [-0.15, -0.1) is 0 Å². The van der Waals surface area contributed by atoms with Crippen LogP contribution in [0, 0.1) is 6.92 Å². The number of anilines is 2. The molecule has 3 heterocycles. The second-order valence-electron chi connectivity index (χ2n) is 8.01. The van der Waals surface area contributed by atoms with E-state index in [9.17, 15) is 4.79 Å². The minimum absolute atomic E-state index is 0.0186. The minimum Gasteiger partial charge on any atom is -0.365 e. The molecule has 0 saturated heterocycles. The Labute approximate surface area is 187 Å². The van der Waals surface area contributed by atoms with E-state index in [0.717, 1.165) is 30.0 Å². The number of hydrogen-bond acceptors (Lipinski definition) is 4. The molecule has 6 nitrogen and oxygen atoms in total. The van der Waals surface area contributed by atoms with E-state index in [0.29, 0.717) is 24.5 Å². The average molecular weight is 424 g/mol. The molecule has 1 aliphatic rings. The zero-order valence-corrected chi connectivity index (χ0v) is 18.0. The zero-order valence-electron chi connectivity index (χ0n) is 18.0. The Bertz CT molecular complexity index is 1260. The number of hydrogen-bond donors (Lipinski definition) is 1. The quantitative estimate of drug-likeness (QED) is 0.498.